The Labute approximate surface area is 101 Å². The van der Waals surface area contributed by atoms with Gasteiger partial charge >= 0.3 is 5.97 Å². The first-order valence-corrected chi connectivity index (χ1v) is 5.55. The SMILES string of the molecule is COC(=O)C1(C)CC=Cc2ccc(OC)cc21. The summed E-state index contributed by atoms with van der Waals surface area (Å²) in [7, 11) is 3.04. The Morgan fingerprint density at radius 3 is 2.76 bits per heavy atom. The molecule has 1 unspecified atom stereocenters. The topological polar surface area (TPSA) is 35.5 Å². The third-order valence-corrected chi connectivity index (χ3v) is 3.31. The number of methoxy groups -OCH3 is 2. The van der Waals surface area contributed by atoms with Crippen molar-refractivity contribution in [1.29, 1.82) is 0 Å². The van der Waals surface area contributed by atoms with Crippen LogP contribution in [0.1, 0.15) is 24.5 Å². The Morgan fingerprint density at radius 2 is 2.12 bits per heavy atom. The minimum Gasteiger partial charge on any atom is -0.497 e. The highest BCUT2D eigenvalue weighted by Crippen LogP contribution is 2.38. The number of hydrogen-bond donors (Lipinski definition) is 0. The van der Waals surface area contributed by atoms with Crippen molar-refractivity contribution in [3.63, 3.8) is 0 Å². The predicted octanol–water partition coefficient (Wildman–Crippen LogP) is 2.54. The van der Waals surface area contributed by atoms with Crippen molar-refractivity contribution in [2.75, 3.05) is 14.2 Å². The zero-order chi connectivity index (χ0) is 12.5. The van der Waals surface area contributed by atoms with Crippen molar-refractivity contribution < 1.29 is 14.3 Å². The third kappa shape index (κ3) is 1.82. The lowest BCUT2D eigenvalue weighted by Gasteiger charge is -2.30. The molecular weight excluding hydrogens is 216 g/mol. The van der Waals surface area contributed by atoms with E-state index < -0.39 is 5.41 Å². The molecule has 1 aromatic rings. The van der Waals surface area contributed by atoms with E-state index in [9.17, 15) is 4.79 Å². The van der Waals surface area contributed by atoms with Gasteiger partial charge in [-0.1, -0.05) is 18.2 Å². The van der Waals surface area contributed by atoms with Gasteiger partial charge in [-0.05, 0) is 36.6 Å². The first kappa shape index (κ1) is 11.7. The Kier molecular flexibility index (Phi) is 2.92. The summed E-state index contributed by atoms with van der Waals surface area (Å²) in [6.45, 7) is 1.90. The van der Waals surface area contributed by atoms with Crippen molar-refractivity contribution in [2.45, 2.75) is 18.8 Å². The molecule has 3 nitrogen and oxygen atoms in total. The molecule has 0 saturated heterocycles. The average molecular weight is 232 g/mol. The molecule has 0 aliphatic heterocycles. The van der Waals surface area contributed by atoms with Gasteiger partial charge in [-0.25, -0.2) is 0 Å². The Bertz CT molecular complexity index is 476. The van der Waals surface area contributed by atoms with Gasteiger partial charge in [0.25, 0.3) is 0 Å². The van der Waals surface area contributed by atoms with Crippen LogP contribution in [-0.4, -0.2) is 20.2 Å². The van der Waals surface area contributed by atoms with Crippen LogP contribution >= 0.6 is 0 Å². The maximum atomic E-state index is 12.0. The van der Waals surface area contributed by atoms with Gasteiger partial charge in [0.1, 0.15) is 5.75 Å². The van der Waals surface area contributed by atoms with E-state index in [1.165, 1.54) is 7.11 Å². The van der Waals surface area contributed by atoms with E-state index in [1.54, 1.807) is 7.11 Å². The van der Waals surface area contributed by atoms with Gasteiger partial charge in [0.05, 0.1) is 19.6 Å². The lowest BCUT2D eigenvalue weighted by Crippen LogP contribution is -2.35. The van der Waals surface area contributed by atoms with Crippen LogP contribution in [0.25, 0.3) is 6.08 Å². The molecule has 1 aliphatic rings. The normalized spacial score (nSPS) is 21.8. The number of ether oxygens (including phenoxy) is 2. The second kappa shape index (κ2) is 4.24. The van der Waals surface area contributed by atoms with E-state index in [0.29, 0.717) is 6.42 Å². The van der Waals surface area contributed by atoms with Gasteiger partial charge in [0.15, 0.2) is 0 Å². The van der Waals surface area contributed by atoms with Gasteiger partial charge in [-0.3, -0.25) is 4.79 Å². The lowest BCUT2D eigenvalue weighted by molar-refractivity contribution is -0.146. The molecule has 0 bridgehead atoms. The Hall–Kier alpha value is -1.77. The third-order valence-electron chi connectivity index (χ3n) is 3.31. The molecule has 1 aliphatic carbocycles. The maximum Gasteiger partial charge on any atom is 0.316 e. The number of esters is 1. The molecule has 17 heavy (non-hydrogen) atoms. The summed E-state index contributed by atoms with van der Waals surface area (Å²) in [5, 5.41) is 0. The smallest absolute Gasteiger partial charge is 0.316 e. The molecule has 0 amide bonds. The van der Waals surface area contributed by atoms with Crippen LogP contribution in [-0.2, 0) is 14.9 Å². The van der Waals surface area contributed by atoms with Crippen molar-refractivity contribution >= 4 is 12.0 Å². The largest absolute Gasteiger partial charge is 0.497 e. The van der Waals surface area contributed by atoms with Crippen LogP contribution in [0.5, 0.6) is 5.75 Å². The summed E-state index contributed by atoms with van der Waals surface area (Å²) in [6, 6.07) is 5.77. The summed E-state index contributed by atoms with van der Waals surface area (Å²) in [5.41, 5.74) is 1.39. The fraction of sp³-hybridized carbons (Fsp3) is 0.357. The lowest BCUT2D eigenvalue weighted by atomic mass is 9.74. The summed E-state index contributed by atoms with van der Waals surface area (Å²) < 4.78 is 10.1. The minimum absolute atomic E-state index is 0.212. The molecule has 0 fully saturated rings. The highest BCUT2D eigenvalue weighted by atomic mass is 16.5. The summed E-state index contributed by atoms with van der Waals surface area (Å²) in [5.74, 6) is 0.547. The summed E-state index contributed by atoms with van der Waals surface area (Å²) >= 11 is 0. The van der Waals surface area contributed by atoms with E-state index >= 15 is 0 Å². The fourth-order valence-corrected chi connectivity index (χ4v) is 2.24. The fourth-order valence-electron chi connectivity index (χ4n) is 2.24. The zero-order valence-electron chi connectivity index (χ0n) is 10.3. The van der Waals surface area contributed by atoms with E-state index in [2.05, 4.69) is 0 Å². The monoisotopic (exact) mass is 232 g/mol. The number of hydrogen-bond acceptors (Lipinski definition) is 3. The van der Waals surface area contributed by atoms with Gasteiger partial charge in [-0.2, -0.15) is 0 Å². The van der Waals surface area contributed by atoms with Crippen molar-refractivity contribution in [2.24, 2.45) is 0 Å². The molecule has 90 valence electrons. The van der Waals surface area contributed by atoms with E-state index in [4.69, 9.17) is 9.47 Å². The number of rotatable bonds is 2. The van der Waals surface area contributed by atoms with E-state index in [0.717, 1.165) is 16.9 Å². The molecule has 0 N–H and O–H groups in total. The second-order valence-electron chi connectivity index (χ2n) is 4.38. The first-order valence-electron chi connectivity index (χ1n) is 5.55. The van der Waals surface area contributed by atoms with Crippen LogP contribution < -0.4 is 4.74 Å². The zero-order valence-corrected chi connectivity index (χ0v) is 10.3. The Morgan fingerprint density at radius 1 is 1.35 bits per heavy atom. The van der Waals surface area contributed by atoms with Gasteiger partial charge in [0, 0.05) is 0 Å². The molecule has 3 heteroatoms. The molecule has 0 heterocycles. The van der Waals surface area contributed by atoms with E-state index in [1.807, 2.05) is 37.3 Å². The second-order valence-corrected chi connectivity index (χ2v) is 4.38. The number of fused-ring (bicyclic) bond motifs is 1. The molecule has 1 aromatic carbocycles. The van der Waals surface area contributed by atoms with Crippen LogP contribution in [0.3, 0.4) is 0 Å². The van der Waals surface area contributed by atoms with E-state index in [-0.39, 0.29) is 5.97 Å². The first-order chi connectivity index (χ1) is 8.11. The quantitative estimate of drug-likeness (QED) is 0.735. The molecule has 0 saturated carbocycles. The minimum atomic E-state index is -0.618. The van der Waals surface area contributed by atoms with Crippen LogP contribution in [0, 0.1) is 0 Å². The summed E-state index contributed by atoms with van der Waals surface area (Å²) in [6.07, 6.45) is 4.69. The van der Waals surface area contributed by atoms with Crippen molar-refractivity contribution in [3.05, 3.63) is 35.4 Å². The Balaban J connectivity index is 2.56. The highest BCUT2D eigenvalue weighted by molar-refractivity contribution is 5.86. The van der Waals surface area contributed by atoms with Crippen LogP contribution in [0.2, 0.25) is 0 Å². The molecular formula is C14H16O3. The number of allylic oxidation sites excluding steroid dienone is 1. The molecule has 0 spiro atoms. The van der Waals surface area contributed by atoms with Crippen LogP contribution in [0.4, 0.5) is 0 Å². The summed E-state index contributed by atoms with van der Waals surface area (Å²) in [4.78, 5) is 12.0. The maximum absolute atomic E-state index is 12.0. The van der Waals surface area contributed by atoms with Gasteiger partial charge in [-0.15, -0.1) is 0 Å². The van der Waals surface area contributed by atoms with Crippen LogP contribution in [0.15, 0.2) is 24.3 Å². The molecule has 1 atom stereocenters. The average Bonchev–Trinajstić information content (AvgIpc) is 2.37. The number of carbonyl (C=O) groups excluding carboxylic acids is 1. The number of benzene rings is 1. The predicted molar refractivity (Wildman–Crippen MR) is 66.0 cm³/mol. The molecule has 0 aromatic heterocycles. The standard InChI is InChI=1S/C14H16O3/c1-14(13(15)17-3)8-4-5-10-6-7-11(16-2)9-12(10)14/h4-7,9H,8H2,1-3H3. The molecule has 0 radical (unpaired) electrons. The number of carbonyl (C=O) groups is 1. The molecule has 2 rings (SSSR count). The van der Waals surface area contributed by atoms with Crippen molar-refractivity contribution in [1.82, 2.24) is 0 Å². The van der Waals surface area contributed by atoms with Gasteiger partial charge in [0.2, 0.25) is 0 Å². The highest BCUT2D eigenvalue weighted by Gasteiger charge is 2.38. The van der Waals surface area contributed by atoms with Crippen molar-refractivity contribution in [3.8, 4) is 5.75 Å². The van der Waals surface area contributed by atoms with Gasteiger partial charge < -0.3 is 9.47 Å².